The Bertz CT molecular complexity index is 895. The van der Waals surface area contributed by atoms with Crippen molar-refractivity contribution >= 4 is 28.9 Å². The maximum atomic E-state index is 12.2. The van der Waals surface area contributed by atoms with Gasteiger partial charge in [-0.1, -0.05) is 12.1 Å². The molecule has 0 bridgehead atoms. The largest absolute Gasteiger partial charge is 0.486 e. The van der Waals surface area contributed by atoms with Crippen LogP contribution < -0.4 is 25.9 Å². The summed E-state index contributed by atoms with van der Waals surface area (Å²) in [6.45, 7) is 2.63. The molecule has 1 aliphatic rings. The zero-order valence-corrected chi connectivity index (χ0v) is 14.8. The number of hydrogen-bond donors (Lipinski definition) is 3. The predicted molar refractivity (Wildman–Crippen MR) is 102 cm³/mol. The number of carbonyl (C=O) groups is 2. The fraction of sp³-hybridized carbons (Fsp3) is 0.211. The lowest BCUT2D eigenvalue weighted by atomic mass is 10.2. The van der Waals surface area contributed by atoms with E-state index in [2.05, 4.69) is 15.8 Å². The lowest BCUT2D eigenvalue weighted by Gasteiger charge is -2.19. The zero-order valence-electron chi connectivity index (χ0n) is 14.8. The van der Waals surface area contributed by atoms with Gasteiger partial charge in [0.2, 0.25) is 5.91 Å². The normalized spacial score (nSPS) is 13.0. The van der Waals surface area contributed by atoms with E-state index < -0.39 is 5.91 Å². The van der Waals surface area contributed by atoms with E-state index in [0.29, 0.717) is 47.4 Å². The van der Waals surface area contributed by atoms with Crippen LogP contribution in [0.25, 0.3) is 0 Å². The van der Waals surface area contributed by atoms with E-state index in [1.54, 1.807) is 49.4 Å². The lowest BCUT2D eigenvalue weighted by molar-refractivity contribution is -0.115. The van der Waals surface area contributed by atoms with Crippen molar-refractivity contribution in [2.75, 3.05) is 24.3 Å². The molecule has 0 fully saturated rings. The molecule has 0 radical (unpaired) electrons. The van der Waals surface area contributed by atoms with Crippen LogP contribution in [0.4, 0.5) is 11.4 Å². The number of hydrazone groups is 1. The van der Waals surface area contributed by atoms with Gasteiger partial charge in [-0.25, -0.2) is 5.43 Å². The quantitative estimate of drug-likeness (QED) is 0.425. The topological polar surface area (TPSA) is 115 Å². The number of nitrogens with two attached hydrogens (primary N) is 1. The highest BCUT2D eigenvalue weighted by molar-refractivity contribution is 6.06. The molecule has 0 aliphatic carbocycles. The van der Waals surface area contributed by atoms with Crippen molar-refractivity contribution < 1.29 is 19.1 Å². The van der Waals surface area contributed by atoms with Crippen molar-refractivity contribution in [2.24, 2.45) is 5.10 Å². The molecule has 4 N–H and O–H groups in total. The second kappa shape index (κ2) is 8.22. The van der Waals surface area contributed by atoms with Gasteiger partial charge in [0.15, 0.2) is 11.5 Å². The number of benzene rings is 2. The molecule has 0 atom stereocenters. The summed E-state index contributed by atoms with van der Waals surface area (Å²) in [6, 6.07) is 11.9. The first-order valence-electron chi connectivity index (χ1n) is 8.40. The molecule has 8 nitrogen and oxygen atoms in total. The third kappa shape index (κ3) is 4.75. The van der Waals surface area contributed by atoms with Crippen LogP contribution in [0.2, 0.25) is 0 Å². The van der Waals surface area contributed by atoms with E-state index in [1.807, 2.05) is 0 Å². The second-order valence-electron chi connectivity index (χ2n) is 5.96. The number of nitrogen functional groups attached to an aromatic ring is 1. The fourth-order valence-corrected chi connectivity index (χ4v) is 2.51. The molecule has 3 rings (SSSR count). The van der Waals surface area contributed by atoms with E-state index in [4.69, 9.17) is 15.2 Å². The summed E-state index contributed by atoms with van der Waals surface area (Å²) in [7, 11) is 0. The minimum atomic E-state index is -0.431. The maximum Gasteiger partial charge on any atom is 0.273 e. The number of amides is 2. The Morgan fingerprint density at radius 3 is 2.63 bits per heavy atom. The molecular formula is C19H20N4O4. The number of carbonyl (C=O) groups excluding carboxylic acids is 2. The Balaban J connectivity index is 1.55. The van der Waals surface area contributed by atoms with Crippen LogP contribution in [0.5, 0.6) is 11.5 Å². The number of nitrogens with one attached hydrogen (secondary N) is 2. The number of para-hydroxylation sites is 1. The predicted octanol–water partition coefficient (Wildman–Crippen LogP) is 2.17. The van der Waals surface area contributed by atoms with Crippen LogP contribution in [0, 0.1) is 0 Å². The number of ether oxygens (including phenoxy) is 2. The Kier molecular flexibility index (Phi) is 5.55. The van der Waals surface area contributed by atoms with Crippen molar-refractivity contribution in [1.82, 2.24) is 5.43 Å². The molecule has 1 heterocycles. The molecule has 0 saturated heterocycles. The van der Waals surface area contributed by atoms with E-state index in [9.17, 15) is 9.59 Å². The molecule has 0 saturated carbocycles. The van der Waals surface area contributed by atoms with Gasteiger partial charge >= 0.3 is 0 Å². The smallest absolute Gasteiger partial charge is 0.273 e. The zero-order chi connectivity index (χ0) is 19.2. The van der Waals surface area contributed by atoms with Gasteiger partial charge in [0.25, 0.3) is 5.91 Å². The average Bonchev–Trinajstić information content (AvgIpc) is 2.66. The van der Waals surface area contributed by atoms with Gasteiger partial charge in [0.05, 0.1) is 12.0 Å². The minimum Gasteiger partial charge on any atom is -0.486 e. The second-order valence-corrected chi connectivity index (χ2v) is 5.96. The minimum absolute atomic E-state index is 0.0268. The summed E-state index contributed by atoms with van der Waals surface area (Å²) in [5, 5.41) is 6.71. The number of anilines is 2. The van der Waals surface area contributed by atoms with E-state index in [-0.39, 0.29) is 12.3 Å². The molecule has 140 valence electrons. The number of hydrogen-bond acceptors (Lipinski definition) is 6. The van der Waals surface area contributed by atoms with E-state index >= 15 is 0 Å². The first kappa shape index (κ1) is 18.2. The summed E-state index contributed by atoms with van der Waals surface area (Å²) < 4.78 is 10.9. The van der Waals surface area contributed by atoms with Crippen molar-refractivity contribution in [3.05, 3.63) is 48.0 Å². The van der Waals surface area contributed by atoms with Gasteiger partial charge in [-0.2, -0.15) is 5.10 Å². The number of nitrogens with zero attached hydrogens (tertiary/aromatic N) is 1. The van der Waals surface area contributed by atoms with Crippen LogP contribution in [-0.4, -0.2) is 30.7 Å². The van der Waals surface area contributed by atoms with Crippen LogP contribution >= 0.6 is 0 Å². The Morgan fingerprint density at radius 2 is 1.85 bits per heavy atom. The Morgan fingerprint density at radius 1 is 1.11 bits per heavy atom. The van der Waals surface area contributed by atoms with Crippen molar-refractivity contribution in [3.8, 4) is 11.5 Å². The molecule has 8 heteroatoms. The van der Waals surface area contributed by atoms with Gasteiger partial charge in [0, 0.05) is 23.2 Å². The van der Waals surface area contributed by atoms with Gasteiger partial charge < -0.3 is 20.5 Å². The van der Waals surface area contributed by atoms with Gasteiger partial charge in [0.1, 0.15) is 13.2 Å². The summed E-state index contributed by atoms with van der Waals surface area (Å²) in [5.74, 6) is 0.554. The molecular weight excluding hydrogens is 348 g/mol. The fourth-order valence-electron chi connectivity index (χ4n) is 2.51. The highest BCUT2D eigenvalue weighted by atomic mass is 16.6. The summed E-state index contributed by atoms with van der Waals surface area (Å²) >= 11 is 0. The van der Waals surface area contributed by atoms with Crippen molar-refractivity contribution in [3.63, 3.8) is 0 Å². The molecule has 2 aromatic rings. The molecule has 2 aromatic carbocycles. The third-order valence-electron chi connectivity index (χ3n) is 3.80. The van der Waals surface area contributed by atoms with Crippen molar-refractivity contribution in [2.45, 2.75) is 13.3 Å². The number of fused-ring (bicyclic) bond motifs is 1. The lowest BCUT2D eigenvalue weighted by Crippen LogP contribution is -2.22. The molecule has 0 unspecified atom stereocenters. The van der Waals surface area contributed by atoms with Gasteiger partial charge in [-0.05, 0) is 31.2 Å². The molecule has 2 amide bonds. The van der Waals surface area contributed by atoms with E-state index in [1.165, 1.54) is 0 Å². The highest BCUT2D eigenvalue weighted by Gasteiger charge is 2.13. The highest BCUT2D eigenvalue weighted by Crippen LogP contribution is 2.32. The van der Waals surface area contributed by atoms with Crippen LogP contribution in [-0.2, 0) is 4.79 Å². The molecule has 0 spiro atoms. The maximum absolute atomic E-state index is 12.2. The van der Waals surface area contributed by atoms with Crippen molar-refractivity contribution in [1.29, 1.82) is 0 Å². The number of rotatable bonds is 5. The SMILES string of the molecule is C/C(CC(=O)Nc1ccc2c(c1)OCCO2)=N\NC(=O)c1ccccc1N. The van der Waals surface area contributed by atoms with Gasteiger partial charge in [-0.3, -0.25) is 9.59 Å². The van der Waals surface area contributed by atoms with Crippen LogP contribution in [0.3, 0.4) is 0 Å². The van der Waals surface area contributed by atoms with Crippen LogP contribution in [0.15, 0.2) is 47.6 Å². The summed E-state index contributed by atoms with van der Waals surface area (Å²) in [5.41, 5.74) is 9.89. The molecule has 27 heavy (non-hydrogen) atoms. The molecule has 0 aromatic heterocycles. The third-order valence-corrected chi connectivity index (χ3v) is 3.80. The van der Waals surface area contributed by atoms with Gasteiger partial charge in [-0.15, -0.1) is 0 Å². The van der Waals surface area contributed by atoms with E-state index in [0.717, 1.165) is 0 Å². The first-order chi connectivity index (χ1) is 13.0. The monoisotopic (exact) mass is 368 g/mol. The summed E-state index contributed by atoms with van der Waals surface area (Å²) in [4.78, 5) is 24.2. The summed E-state index contributed by atoms with van der Waals surface area (Å²) in [6.07, 6.45) is 0.0268. The first-order valence-corrected chi connectivity index (χ1v) is 8.40. The average molecular weight is 368 g/mol. The Labute approximate surface area is 156 Å². The Hall–Kier alpha value is -3.55. The molecule has 1 aliphatic heterocycles. The standard InChI is InChI=1S/C19H20N4O4/c1-12(22-23-19(25)14-4-2-3-5-15(14)20)10-18(24)21-13-6-7-16-17(11-13)27-9-8-26-16/h2-7,11H,8-10,20H2,1H3,(H,21,24)(H,23,25)/b22-12+. The van der Waals surface area contributed by atoms with Crippen LogP contribution in [0.1, 0.15) is 23.7 Å².